The Balaban J connectivity index is 2.72. The second-order valence-electron chi connectivity index (χ2n) is 3.83. The molecule has 0 aromatic heterocycles. The molecule has 1 atom stereocenters. The van der Waals surface area contributed by atoms with Gasteiger partial charge in [0.05, 0.1) is 0 Å². The molecule has 0 saturated carbocycles. The predicted octanol–water partition coefficient (Wildman–Crippen LogP) is 3.16. The van der Waals surface area contributed by atoms with Crippen LogP contribution >= 0.6 is 0 Å². The van der Waals surface area contributed by atoms with Gasteiger partial charge in [-0.25, -0.2) is 0 Å². The van der Waals surface area contributed by atoms with E-state index in [1.165, 1.54) is 5.56 Å². The minimum absolute atomic E-state index is 0.425. The monoisotopic (exact) mass is 189 g/mol. The van der Waals surface area contributed by atoms with E-state index in [2.05, 4.69) is 50.0 Å². The highest BCUT2D eigenvalue weighted by molar-refractivity contribution is 5.19. The second kappa shape index (κ2) is 5.61. The third-order valence-corrected chi connectivity index (χ3v) is 2.31. The molecule has 1 heteroatoms. The molecule has 1 aromatic rings. The van der Waals surface area contributed by atoms with Gasteiger partial charge in [0.1, 0.15) is 0 Å². The van der Waals surface area contributed by atoms with E-state index in [1.54, 1.807) is 0 Å². The Morgan fingerprint density at radius 3 is 2.43 bits per heavy atom. The van der Waals surface area contributed by atoms with Gasteiger partial charge >= 0.3 is 0 Å². The van der Waals surface area contributed by atoms with Crippen LogP contribution in [0.4, 0.5) is 0 Å². The van der Waals surface area contributed by atoms with Crippen molar-refractivity contribution in [3.8, 4) is 0 Å². The summed E-state index contributed by atoms with van der Waals surface area (Å²) in [5.41, 5.74) is 1.35. The number of hydrogen-bond donors (Lipinski definition) is 1. The largest absolute Gasteiger partial charge is 0.306 e. The van der Waals surface area contributed by atoms with Crippen LogP contribution in [0.2, 0.25) is 0 Å². The summed E-state index contributed by atoms with van der Waals surface area (Å²) in [7, 11) is 0. The third-order valence-electron chi connectivity index (χ3n) is 2.31. The van der Waals surface area contributed by atoms with E-state index in [9.17, 15) is 0 Å². The molecule has 0 fully saturated rings. The van der Waals surface area contributed by atoms with Crippen LogP contribution in [0.1, 0.15) is 25.5 Å². The maximum atomic E-state index is 3.72. The standard InChI is InChI=1S/C13H19N/c1-4-10-14-13(11(2)3)12-8-6-5-7-9-12/h4-9,11,13-14H,1,10H2,2-3H3/t13-/m1/s1. The van der Waals surface area contributed by atoms with E-state index in [0.29, 0.717) is 12.0 Å². The van der Waals surface area contributed by atoms with E-state index in [-0.39, 0.29) is 0 Å². The summed E-state index contributed by atoms with van der Waals surface area (Å²) in [6.45, 7) is 9.04. The molecule has 0 aliphatic heterocycles. The Hall–Kier alpha value is -1.08. The van der Waals surface area contributed by atoms with Crippen molar-refractivity contribution in [2.45, 2.75) is 19.9 Å². The Morgan fingerprint density at radius 2 is 1.93 bits per heavy atom. The second-order valence-corrected chi connectivity index (χ2v) is 3.83. The Kier molecular flexibility index (Phi) is 4.41. The Bertz CT molecular complexity index is 264. The molecule has 14 heavy (non-hydrogen) atoms. The van der Waals surface area contributed by atoms with Crippen LogP contribution in [0.25, 0.3) is 0 Å². The van der Waals surface area contributed by atoms with Gasteiger partial charge < -0.3 is 5.32 Å². The lowest BCUT2D eigenvalue weighted by Gasteiger charge is -2.22. The molecule has 1 aromatic carbocycles. The molecule has 0 radical (unpaired) electrons. The lowest BCUT2D eigenvalue weighted by molar-refractivity contribution is 0.429. The van der Waals surface area contributed by atoms with Crippen molar-refractivity contribution < 1.29 is 0 Å². The van der Waals surface area contributed by atoms with E-state index in [1.807, 2.05) is 12.1 Å². The molecule has 1 nitrogen and oxygen atoms in total. The summed E-state index contributed by atoms with van der Waals surface area (Å²) in [6.07, 6.45) is 1.90. The SMILES string of the molecule is C=CCN[C@@H](c1ccccc1)C(C)C. The summed E-state index contributed by atoms with van der Waals surface area (Å²) in [6, 6.07) is 11.0. The zero-order chi connectivity index (χ0) is 10.4. The van der Waals surface area contributed by atoms with Crippen molar-refractivity contribution in [2.24, 2.45) is 5.92 Å². The topological polar surface area (TPSA) is 12.0 Å². The van der Waals surface area contributed by atoms with E-state index in [4.69, 9.17) is 0 Å². The van der Waals surface area contributed by atoms with Gasteiger partial charge in [0.15, 0.2) is 0 Å². The van der Waals surface area contributed by atoms with Gasteiger partial charge in [0.25, 0.3) is 0 Å². The van der Waals surface area contributed by atoms with Crippen molar-refractivity contribution >= 4 is 0 Å². The maximum Gasteiger partial charge on any atom is 0.0346 e. The van der Waals surface area contributed by atoms with Crippen LogP contribution in [0.15, 0.2) is 43.0 Å². The zero-order valence-electron chi connectivity index (χ0n) is 9.03. The molecule has 76 valence electrons. The summed E-state index contributed by atoms with van der Waals surface area (Å²) < 4.78 is 0. The predicted molar refractivity (Wildman–Crippen MR) is 62.2 cm³/mol. The van der Waals surface area contributed by atoms with Gasteiger partial charge in [-0.15, -0.1) is 6.58 Å². The summed E-state index contributed by atoms with van der Waals surface area (Å²) in [5.74, 6) is 0.595. The third kappa shape index (κ3) is 3.00. The average Bonchev–Trinajstić information content (AvgIpc) is 2.19. The van der Waals surface area contributed by atoms with Gasteiger partial charge in [-0.3, -0.25) is 0 Å². The molecular formula is C13H19N. The lowest BCUT2D eigenvalue weighted by Crippen LogP contribution is -2.25. The van der Waals surface area contributed by atoms with Crippen LogP contribution in [0.3, 0.4) is 0 Å². The van der Waals surface area contributed by atoms with Gasteiger partial charge in [-0.05, 0) is 11.5 Å². The van der Waals surface area contributed by atoms with E-state index >= 15 is 0 Å². The number of rotatable bonds is 5. The first-order valence-corrected chi connectivity index (χ1v) is 5.15. The van der Waals surface area contributed by atoms with Crippen molar-refractivity contribution in [3.05, 3.63) is 48.6 Å². The molecule has 0 bridgehead atoms. The molecule has 0 spiro atoms. The van der Waals surface area contributed by atoms with Crippen LogP contribution in [0, 0.1) is 5.92 Å². The molecule has 0 aliphatic rings. The molecular weight excluding hydrogens is 170 g/mol. The van der Waals surface area contributed by atoms with Crippen LogP contribution < -0.4 is 5.32 Å². The van der Waals surface area contributed by atoms with E-state index in [0.717, 1.165) is 6.54 Å². The van der Waals surface area contributed by atoms with Crippen LogP contribution in [-0.2, 0) is 0 Å². The summed E-state index contributed by atoms with van der Waals surface area (Å²) in [4.78, 5) is 0. The van der Waals surface area contributed by atoms with Gasteiger partial charge in [0.2, 0.25) is 0 Å². The number of hydrogen-bond acceptors (Lipinski definition) is 1. The zero-order valence-corrected chi connectivity index (χ0v) is 9.03. The first kappa shape index (κ1) is 11.0. The van der Waals surface area contributed by atoms with Gasteiger partial charge in [-0.2, -0.15) is 0 Å². The Labute approximate surface area is 86.8 Å². The molecule has 1 N–H and O–H groups in total. The van der Waals surface area contributed by atoms with Crippen LogP contribution in [0.5, 0.6) is 0 Å². The first-order chi connectivity index (χ1) is 6.75. The highest BCUT2D eigenvalue weighted by atomic mass is 14.9. The minimum atomic E-state index is 0.425. The normalized spacial score (nSPS) is 12.8. The van der Waals surface area contributed by atoms with Gasteiger partial charge in [-0.1, -0.05) is 50.3 Å². The van der Waals surface area contributed by atoms with E-state index < -0.39 is 0 Å². The first-order valence-electron chi connectivity index (χ1n) is 5.15. The highest BCUT2D eigenvalue weighted by Crippen LogP contribution is 2.20. The number of nitrogens with one attached hydrogen (secondary N) is 1. The van der Waals surface area contributed by atoms with Crippen molar-refractivity contribution in [3.63, 3.8) is 0 Å². The molecule has 0 unspecified atom stereocenters. The maximum absolute atomic E-state index is 3.72. The molecule has 0 amide bonds. The fraction of sp³-hybridized carbons (Fsp3) is 0.385. The summed E-state index contributed by atoms with van der Waals surface area (Å²) >= 11 is 0. The minimum Gasteiger partial charge on any atom is -0.306 e. The highest BCUT2D eigenvalue weighted by Gasteiger charge is 2.13. The van der Waals surface area contributed by atoms with Crippen LogP contribution in [-0.4, -0.2) is 6.54 Å². The number of benzene rings is 1. The molecule has 0 aliphatic carbocycles. The lowest BCUT2D eigenvalue weighted by atomic mass is 9.96. The molecule has 0 heterocycles. The van der Waals surface area contributed by atoms with Gasteiger partial charge in [0, 0.05) is 12.6 Å². The average molecular weight is 189 g/mol. The van der Waals surface area contributed by atoms with Crippen molar-refractivity contribution in [1.82, 2.24) is 5.32 Å². The summed E-state index contributed by atoms with van der Waals surface area (Å²) in [5, 5.41) is 3.47. The van der Waals surface area contributed by atoms with Crippen molar-refractivity contribution in [1.29, 1.82) is 0 Å². The quantitative estimate of drug-likeness (QED) is 0.702. The fourth-order valence-electron chi connectivity index (χ4n) is 1.61. The molecule has 1 rings (SSSR count). The Morgan fingerprint density at radius 1 is 1.29 bits per heavy atom. The fourth-order valence-corrected chi connectivity index (χ4v) is 1.61. The smallest absolute Gasteiger partial charge is 0.0346 e. The van der Waals surface area contributed by atoms with Crippen molar-refractivity contribution in [2.75, 3.05) is 6.54 Å². The molecule has 0 saturated heterocycles.